The number of hydrogen-bond donors (Lipinski definition) is 4. The number of nitrogens with one attached hydrogen (secondary N) is 1. The van der Waals surface area contributed by atoms with Crippen molar-refractivity contribution in [1.29, 1.82) is 5.41 Å². The lowest BCUT2D eigenvalue weighted by atomic mass is 10.0. The molecule has 0 aliphatic carbocycles. The number of nitrogens with zero attached hydrogens (tertiary/aromatic N) is 2. The molecule has 1 aliphatic rings. The van der Waals surface area contributed by atoms with Gasteiger partial charge in [-0.3, -0.25) is 19.1 Å². The Labute approximate surface area is 221 Å². The molecular weight excluding hydrogens is 512 g/mol. The van der Waals surface area contributed by atoms with Gasteiger partial charge in [-0.25, -0.2) is 9.00 Å². The molecule has 200 valence electrons. The van der Waals surface area contributed by atoms with Gasteiger partial charge in [0.1, 0.15) is 17.9 Å². The molecule has 12 heteroatoms. The largest absolute Gasteiger partial charge is 0.493 e. The average molecular weight is 541 g/mol. The zero-order valence-electron chi connectivity index (χ0n) is 20.8. The average Bonchev–Trinajstić information content (AvgIpc) is 3.26. The van der Waals surface area contributed by atoms with Crippen LogP contribution in [0.1, 0.15) is 17.5 Å². The summed E-state index contributed by atoms with van der Waals surface area (Å²) in [7, 11) is 3.03. The molecule has 3 aromatic carbocycles. The number of aliphatic carboxylic acids is 1. The fourth-order valence-electron chi connectivity index (χ4n) is 4.67. The number of amidine groups is 1. The number of fused-ring (bicyclic) bond motifs is 1. The Morgan fingerprint density at radius 3 is 2.32 bits per heavy atom. The normalized spacial score (nSPS) is 16.8. The van der Waals surface area contributed by atoms with Crippen molar-refractivity contribution >= 4 is 45.4 Å². The van der Waals surface area contributed by atoms with E-state index >= 15 is 0 Å². The number of hydrogen-bond acceptors (Lipinski definition) is 6. The van der Waals surface area contributed by atoms with Gasteiger partial charge in [0.15, 0.2) is 11.5 Å². The van der Waals surface area contributed by atoms with E-state index in [1.54, 1.807) is 54.6 Å². The van der Waals surface area contributed by atoms with Crippen LogP contribution in [-0.4, -0.2) is 69.3 Å². The number of rotatable bonds is 10. The van der Waals surface area contributed by atoms with Gasteiger partial charge in [-0.2, -0.15) is 0 Å². The summed E-state index contributed by atoms with van der Waals surface area (Å²) in [6.07, 6.45) is 0.202. The van der Waals surface area contributed by atoms with E-state index in [0.29, 0.717) is 33.7 Å². The molecule has 1 fully saturated rings. The van der Waals surface area contributed by atoms with Crippen molar-refractivity contribution in [2.24, 2.45) is 5.73 Å². The third-order valence-electron chi connectivity index (χ3n) is 6.60. The van der Waals surface area contributed by atoms with Crippen LogP contribution in [0.15, 0.2) is 54.6 Å². The van der Waals surface area contributed by atoms with Gasteiger partial charge in [0.05, 0.1) is 19.9 Å². The number of carboxylic acids is 1. The second kappa shape index (κ2) is 11.1. The molecule has 5 N–H and O–H groups in total. The van der Waals surface area contributed by atoms with Crippen molar-refractivity contribution in [3.8, 4) is 11.5 Å². The molecule has 4 rings (SSSR count). The van der Waals surface area contributed by atoms with Crippen LogP contribution >= 0.6 is 0 Å². The van der Waals surface area contributed by atoms with Gasteiger partial charge < -0.3 is 25.2 Å². The number of benzene rings is 3. The van der Waals surface area contributed by atoms with Crippen LogP contribution in [0, 0.1) is 5.41 Å². The first-order valence-corrected chi connectivity index (χ1v) is 12.7. The van der Waals surface area contributed by atoms with Crippen molar-refractivity contribution in [1.82, 2.24) is 4.90 Å². The van der Waals surface area contributed by atoms with Crippen LogP contribution in [0.3, 0.4) is 0 Å². The third kappa shape index (κ3) is 5.27. The monoisotopic (exact) mass is 540 g/mol. The topological polar surface area (TPSA) is 166 Å². The summed E-state index contributed by atoms with van der Waals surface area (Å²) in [4.78, 5) is 26.8. The van der Waals surface area contributed by atoms with Crippen LogP contribution in [0.4, 0.5) is 5.69 Å². The summed E-state index contributed by atoms with van der Waals surface area (Å²) in [5.41, 5.74) is 6.97. The number of nitrogen functional groups attached to an aromatic ring is 1. The Morgan fingerprint density at radius 1 is 1.13 bits per heavy atom. The summed E-state index contributed by atoms with van der Waals surface area (Å²) < 4.78 is 34.4. The van der Waals surface area contributed by atoms with Gasteiger partial charge in [-0.1, -0.05) is 30.3 Å². The SMILES string of the molecule is COc1cc2ccc(N(C3CCN(C(Cc4ccc(C(=N)N)cc4)C(=O)O)C3=O)S(=O)O)cc2cc1OC. The molecular formula is C26H28N4O7S. The lowest BCUT2D eigenvalue weighted by Crippen LogP contribution is -2.48. The van der Waals surface area contributed by atoms with E-state index in [-0.39, 0.29) is 25.2 Å². The van der Waals surface area contributed by atoms with E-state index < -0.39 is 35.2 Å². The molecule has 11 nitrogen and oxygen atoms in total. The molecule has 0 spiro atoms. The van der Waals surface area contributed by atoms with E-state index in [1.807, 2.05) is 0 Å². The Morgan fingerprint density at radius 2 is 1.76 bits per heavy atom. The summed E-state index contributed by atoms with van der Waals surface area (Å²) in [5.74, 6) is -0.817. The molecule has 0 radical (unpaired) electrons. The van der Waals surface area contributed by atoms with Gasteiger partial charge in [0, 0.05) is 18.5 Å². The zero-order chi connectivity index (χ0) is 27.6. The van der Waals surface area contributed by atoms with Crippen LogP contribution in [0.25, 0.3) is 10.8 Å². The quantitative estimate of drug-likeness (QED) is 0.173. The number of nitrogens with two attached hydrogens (primary N) is 1. The lowest BCUT2D eigenvalue weighted by Gasteiger charge is -2.28. The van der Waals surface area contributed by atoms with Gasteiger partial charge in [-0.15, -0.1) is 0 Å². The van der Waals surface area contributed by atoms with Crippen molar-refractivity contribution < 1.29 is 32.9 Å². The second-order valence-corrected chi connectivity index (χ2v) is 9.65. The number of methoxy groups -OCH3 is 2. The number of carbonyl (C=O) groups is 2. The molecule has 3 atom stereocenters. The third-order valence-corrected chi connectivity index (χ3v) is 7.40. The van der Waals surface area contributed by atoms with E-state index in [1.165, 1.54) is 19.1 Å². The molecule has 1 heterocycles. The highest BCUT2D eigenvalue weighted by molar-refractivity contribution is 7.80. The fourth-order valence-corrected chi connectivity index (χ4v) is 5.37. The Hall–Kier alpha value is -4.16. The number of amides is 1. The molecule has 1 saturated heterocycles. The highest BCUT2D eigenvalue weighted by Crippen LogP contribution is 2.35. The Bertz CT molecular complexity index is 1410. The van der Waals surface area contributed by atoms with E-state index in [0.717, 1.165) is 9.69 Å². The van der Waals surface area contributed by atoms with E-state index in [2.05, 4.69) is 0 Å². The number of carboxylic acid groups (broad SMARTS) is 1. The van der Waals surface area contributed by atoms with Gasteiger partial charge in [0.2, 0.25) is 5.91 Å². The van der Waals surface area contributed by atoms with Gasteiger partial charge in [-0.05, 0) is 47.0 Å². The van der Waals surface area contributed by atoms with Gasteiger partial charge >= 0.3 is 5.97 Å². The fraction of sp³-hybridized carbons (Fsp3) is 0.269. The van der Waals surface area contributed by atoms with Crippen molar-refractivity contribution in [2.75, 3.05) is 25.1 Å². The predicted molar refractivity (Wildman–Crippen MR) is 143 cm³/mol. The minimum atomic E-state index is -2.55. The number of anilines is 1. The number of likely N-dealkylation sites (tertiary alicyclic amines) is 1. The minimum absolute atomic E-state index is 0.0335. The molecule has 1 amide bonds. The van der Waals surface area contributed by atoms with Crippen LogP contribution in [0.2, 0.25) is 0 Å². The first kappa shape index (κ1) is 26.9. The van der Waals surface area contributed by atoms with E-state index in [9.17, 15) is 23.5 Å². The maximum absolute atomic E-state index is 13.4. The summed E-state index contributed by atoms with van der Waals surface area (Å²) in [5, 5.41) is 18.9. The second-order valence-electron chi connectivity index (χ2n) is 8.80. The molecule has 38 heavy (non-hydrogen) atoms. The van der Waals surface area contributed by atoms with Crippen LogP contribution in [-0.2, 0) is 27.3 Å². The molecule has 0 aromatic heterocycles. The zero-order valence-corrected chi connectivity index (χ0v) is 21.6. The first-order chi connectivity index (χ1) is 18.1. The molecule has 3 aromatic rings. The molecule has 0 saturated carbocycles. The van der Waals surface area contributed by atoms with Crippen LogP contribution < -0.4 is 19.5 Å². The summed E-state index contributed by atoms with van der Waals surface area (Å²) >= 11 is -2.55. The molecule has 3 unspecified atom stereocenters. The van der Waals surface area contributed by atoms with Gasteiger partial charge in [0.25, 0.3) is 11.3 Å². The summed E-state index contributed by atoms with van der Waals surface area (Å²) in [6, 6.07) is 12.9. The highest BCUT2D eigenvalue weighted by Gasteiger charge is 2.43. The Kier molecular flexibility index (Phi) is 7.83. The maximum Gasteiger partial charge on any atom is 0.326 e. The summed E-state index contributed by atoms with van der Waals surface area (Å²) in [6.45, 7) is 0.109. The van der Waals surface area contributed by atoms with Crippen molar-refractivity contribution in [3.05, 3.63) is 65.7 Å². The predicted octanol–water partition coefficient (Wildman–Crippen LogP) is 2.38. The smallest absolute Gasteiger partial charge is 0.326 e. The highest BCUT2D eigenvalue weighted by atomic mass is 32.2. The van der Waals surface area contributed by atoms with Crippen molar-refractivity contribution in [3.63, 3.8) is 0 Å². The Balaban J connectivity index is 1.61. The minimum Gasteiger partial charge on any atom is -0.493 e. The lowest BCUT2D eigenvalue weighted by molar-refractivity contribution is -0.148. The molecule has 0 bridgehead atoms. The van der Waals surface area contributed by atoms with E-state index in [4.69, 9.17) is 20.6 Å². The molecule has 1 aliphatic heterocycles. The van der Waals surface area contributed by atoms with Crippen molar-refractivity contribution in [2.45, 2.75) is 24.9 Å². The maximum atomic E-state index is 13.4. The number of ether oxygens (including phenoxy) is 2. The standard InChI is InChI=1S/C26H28N4O7S/c1-36-22-13-17-7-8-19(12-18(17)14-23(22)37-2)30(38(34)35)20-9-10-29(25(20)31)21(26(32)33)11-15-3-5-16(6-4-15)24(27)28/h3-8,12-14,20-21H,9-11H2,1-2H3,(H3,27,28)(H,32,33)(H,34,35). The first-order valence-electron chi connectivity index (χ1n) is 11.7. The van der Waals surface area contributed by atoms with Crippen LogP contribution in [0.5, 0.6) is 11.5 Å². The number of carbonyl (C=O) groups excluding carboxylic acids is 1.